The number of nitrogens with one attached hydrogen (secondary N) is 2. The average Bonchev–Trinajstić information content (AvgIpc) is 3.15. The summed E-state index contributed by atoms with van der Waals surface area (Å²) in [5.41, 5.74) is 1.81. The number of amides is 2. The molecule has 2 amide bonds. The highest BCUT2D eigenvalue weighted by molar-refractivity contribution is 5.89. The van der Waals surface area contributed by atoms with Crippen molar-refractivity contribution in [3.63, 3.8) is 0 Å². The molecule has 0 radical (unpaired) electrons. The molecule has 39 heavy (non-hydrogen) atoms. The highest BCUT2D eigenvalue weighted by Crippen LogP contribution is 2.21. The molecule has 1 heterocycles. The van der Waals surface area contributed by atoms with E-state index in [0.717, 1.165) is 24.0 Å². The predicted molar refractivity (Wildman–Crippen MR) is 150 cm³/mol. The minimum absolute atomic E-state index is 0.175. The molecule has 0 aliphatic carbocycles. The van der Waals surface area contributed by atoms with Gasteiger partial charge in [0.2, 0.25) is 5.91 Å². The van der Waals surface area contributed by atoms with Crippen LogP contribution in [0.15, 0.2) is 72.8 Å². The lowest BCUT2D eigenvalue weighted by atomic mass is 9.99. The molecule has 8 nitrogen and oxygen atoms in total. The van der Waals surface area contributed by atoms with Gasteiger partial charge in [-0.3, -0.25) is 9.59 Å². The van der Waals surface area contributed by atoms with Gasteiger partial charge in [-0.25, -0.2) is 0 Å². The molecule has 0 saturated carbocycles. The van der Waals surface area contributed by atoms with Crippen molar-refractivity contribution >= 4 is 11.8 Å². The van der Waals surface area contributed by atoms with Crippen LogP contribution in [0.1, 0.15) is 44.2 Å². The molecule has 1 fully saturated rings. The summed E-state index contributed by atoms with van der Waals surface area (Å²) in [5, 5.41) is 17.0. The number of benzene rings is 2. The molecule has 0 spiro atoms. The van der Waals surface area contributed by atoms with Gasteiger partial charge in [-0.2, -0.15) is 0 Å². The molecule has 2 aromatic rings. The third-order valence-corrected chi connectivity index (χ3v) is 6.59. The van der Waals surface area contributed by atoms with Crippen LogP contribution in [0.5, 0.6) is 0 Å². The Morgan fingerprint density at radius 1 is 0.974 bits per heavy atom. The highest BCUT2D eigenvalue weighted by atomic mass is 16.6. The quantitative estimate of drug-likeness (QED) is 0.318. The summed E-state index contributed by atoms with van der Waals surface area (Å²) in [4.78, 5) is 26.1. The number of allylic oxidation sites excluding steroid dienone is 1. The number of carbonyl (C=O) groups excluding carboxylic acids is 2. The zero-order chi connectivity index (χ0) is 28.0. The fourth-order valence-electron chi connectivity index (χ4n) is 4.44. The van der Waals surface area contributed by atoms with Crippen molar-refractivity contribution in [2.45, 2.75) is 76.8 Å². The van der Waals surface area contributed by atoms with Crippen molar-refractivity contribution in [1.82, 2.24) is 10.6 Å². The maximum absolute atomic E-state index is 13.6. The van der Waals surface area contributed by atoms with Crippen LogP contribution < -0.4 is 10.6 Å². The molecule has 1 aliphatic heterocycles. The van der Waals surface area contributed by atoms with Crippen LogP contribution in [-0.2, 0) is 37.0 Å². The van der Waals surface area contributed by atoms with Crippen molar-refractivity contribution in [2.75, 3.05) is 13.7 Å². The van der Waals surface area contributed by atoms with Crippen molar-refractivity contribution in [2.24, 2.45) is 5.92 Å². The Morgan fingerprint density at radius 3 is 2.13 bits per heavy atom. The van der Waals surface area contributed by atoms with Crippen LogP contribution in [-0.4, -0.2) is 61.0 Å². The zero-order valence-corrected chi connectivity index (χ0v) is 23.1. The van der Waals surface area contributed by atoms with Gasteiger partial charge in [0.25, 0.3) is 5.91 Å². The molecule has 8 heteroatoms. The van der Waals surface area contributed by atoms with Gasteiger partial charge in [0.05, 0.1) is 13.2 Å². The van der Waals surface area contributed by atoms with Crippen molar-refractivity contribution < 1.29 is 28.9 Å². The number of rotatable bonds is 14. The van der Waals surface area contributed by atoms with Crippen LogP contribution >= 0.6 is 0 Å². The molecule has 5 atom stereocenters. The first-order valence-electron chi connectivity index (χ1n) is 13.7. The van der Waals surface area contributed by atoms with Crippen molar-refractivity contribution in [1.29, 1.82) is 0 Å². The zero-order valence-electron chi connectivity index (χ0n) is 23.1. The molecule has 0 unspecified atom stereocenters. The molecule has 2 aromatic carbocycles. The van der Waals surface area contributed by atoms with Gasteiger partial charge in [-0.05, 0) is 36.3 Å². The highest BCUT2D eigenvalue weighted by Gasteiger charge is 2.40. The third kappa shape index (κ3) is 9.89. The summed E-state index contributed by atoms with van der Waals surface area (Å²) in [6.45, 7) is 4.98. The second-order valence-corrected chi connectivity index (χ2v) is 10.1. The summed E-state index contributed by atoms with van der Waals surface area (Å²) in [6.07, 6.45) is 1.61. The summed E-state index contributed by atoms with van der Waals surface area (Å²) in [5.74, 6) is -0.506. The van der Waals surface area contributed by atoms with E-state index in [-0.39, 0.29) is 25.0 Å². The third-order valence-electron chi connectivity index (χ3n) is 6.59. The molecule has 3 rings (SSSR count). The van der Waals surface area contributed by atoms with E-state index in [9.17, 15) is 14.7 Å². The summed E-state index contributed by atoms with van der Waals surface area (Å²) < 4.78 is 18.3. The fraction of sp³-hybridized carbons (Fsp3) is 0.484. The first-order valence-corrected chi connectivity index (χ1v) is 13.7. The number of aliphatic hydroxyl groups is 1. The topological polar surface area (TPSA) is 106 Å². The lowest BCUT2D eigenvalue weighted by Gasteiger charge is -2.34. The number of methoxy groups -OCH3 is 1. The van der Waals surface area contributed by atoms with E-state index in [1.54, 1.807) is 6.08 Å². The molecule has 0 bridgehead atoms. The number of hydrogen-bond donors (Lipinski definition) is 3. The van der Waals surface area contributed by atoms with Gasteiger partial charge in [-0.15, -0.1) is 0 Å². The van der Waals surface area contributed by atoms with Gasteiger partial charge in [0, 0.05) is 13.7 Å². The molecule has 0 aromatic heterocycles. The van der Waals surface area contributed by atoms with E-state index in [0.29, 0.717) is 13.0 Å². The Morgan fingerprint density at radius 2 is 1.56 bits per heavy atom. The van der Waals surface area contributed by atoms with Crippen LogP contribution in [0.3, 0.4) is 0 Å². The van der Waals surface area contributed by atoms with E-state index in [1.807, 2.05) is 80.6 Å². The number of carbonyl (C=O) groups is 2. The minimum atomic E-state index is -1.15. The Bertz CT molecular complexity index is 1030. The van der Waals surface area contributed by atoms with Crippen LogP contribution in [0.25, 0.3) is 0 Å². The van der Waals surface area contributed by atoms with E-state index >= 15 is 0 Å². The first kappa shape index (κ1) is 30.5. The summed E-state index contributed by atoms with van der Waals surface area (Å²) in [7, 11) is 1.42. The summed E-state index contributed by atoms with van der Waals surface area (Å²) >= 11 is 0. The predicted octanol–water partition coefficient (Wildman–Crippen LogP) is 3.53. The minimum Gasteiger partial charge on any atom is -0.386 e. The Kier molecular flexibility index (Phi) is 12.6. The standard InChI is InChI=1S/C31H42N2O6/c1-22(2)17-18-26(34)27(38-20-23-12-6-4-7-13-23)28(39-21-24-14-8-5-9-15-24)29(37-3)31(36)33-25-16-10-11-19-32-30(25)35/h4-9,12-15,17-18,22,25-29,34H,10-11,16,19-21H2,1-3H3,(H,32,35)(H,33,36)/b18-17-/t25-,26+,27-,28+,29+/m0/s1. The molecular formula is C31H42N2O6. The van der Waals surface area contributed by atoms with Gasteiger partial charge in [0.1, 0.15) is 24.4 Å². The van der Waals surface area contributed by atoms with E-state index in [2.05, 4.69) is 10.6 Å². The second-order valence-electron chi connectivity index (χ2n) is 10.1. The molecular weight excluding hydrogens is 496 g/mol. The molecule has 1 saturated heterocycles. The lowest BCUT2D eigenvalue weighted by Crippen LogP contribution is -2.56. The first-order chi connectivity index (χ1) is 18.9. The molecule has 3 N–H and O–H groups in total. The van der Waals surface area contributed by atoms with Crippen LogP contribution in [0.2, 0.25) is 0 Å². The second kappa shape index (κ2) is 16.2. The van der Waals surface area contributed by atoms with E-state index in [1.165, 1.54) is 7.11 Å². The van der Waals surface area contributed by atoms with E-state index in [4.69, 9.17) is 14.2 Å². The Hall–Kier alpha value is -3.04. The number of ether oxygens (including phenoxy) is 3. The Balaban J connectivity index is 1.90. The molecule has 212 valence electrons. The van der Waals surface area contributed by atoms with E-state index < -0.39 is 36.4 Å². The maximum Gasteiger partial charge on any atom is 0.252 e. The van der Waals surface area contributed by atoms with Crippen LogP contribution in [0, 0.1) is 5.92 Å². The largest absolute Gasteiger partial charge is 0.386 e. The monoisotopic (exact) mass is 538 g/mol. The van der Waals surface area contributed by atoms with Gasteiger partial charge in [-0.1, -0.05) is 86.7 Å². The van der Waals surface area contributed by atoms with Crippen molar-refractivity contribution in [3.8, 4) is 0 Å². The maximum atomic E-state index is 13.6. The van der Waals surface area contributed by atoms with Gasteiger partial charge in [0.15, 0.2) is 6.10 Å². The Labute approximate surface area is 231 Å². The number of aliphatic hydroxyl groups excluding tert-OH is 1. The average molecular weight is 539 g/mol. The van der Waals surface area contributed by atoms with Gasteiger partial charge >= 0.3 is 0 Å². The van der Waals surface area contributed by atoms with Crippen molar-refractivity contribution in [3.05, 3.63) is 83.9 Å². The SMILES string of the molecule is CO[C@@H](C(=O)N[C@H]1CCCCNC1=O)[C@H](OCc1ccccc1)[C@@H](OCc1ccccc1)[C@H](O)/C=C\C(C)C. The summed E-state index contributed by atoms with van der Waals surface area (Å²) in [6, 6.07) is 18.5. The number of hydrogen-bond acceptors (Lipinski definition) is 6. The smallest absolute Gasteiger partial charge is 0.252 e. The normalized spacial score (nSPS) is 19.2. The van der Waals surface area contributed by atoms with Gasteiger partial charge < -0.3 is 30.0 Å². The fourth-order valence-corrected chi connectivity index (χ4v) is 4.44. The molecule has 1 aliphatic rings. The van der Waals surface area contributed by atoms with Crippen LogP contribution in [0.4, 0.5) is 0 Å². The lowest BCUT2D eigenvalue weighted by molar-refractivity contribution is -0.174.